The number of carbonyl (C=O) groups is 1. The second-order valence-corrected chi connectivity index (χ2v) is 5.71. The highest BCUT2D eigenvalue weighted by molar-refractivity contribution is 5.89. The first-order valence-electron chi connectivity index (χ1n) is 7.91. The van der Waals surface area contributed by atoms with E-state index < -0.39 is 5.97 Å². The van der Waals surface area contributed by atoms with E-state index in [2.05, 4.69) is 15.0 Å². The number of rotatable bonds is 4. The van der Waals surface area contributed by atoms with Crippen LogP contribution in [0.15, 0.2) is 43.1 Å². The molecule has 132 valence electrons. The van der Waals surface area contributed by atoms with Gasteiger partial charge >= 0.3 is 5.97 Å². The molecule has 3 aromatic rings. The van der Waals surface area contributed by atoms with Crippen molar-refractivity contribution in [2.75, 3.05) is 18.1 Å². The molecule has 0 spiro atoms. The zero-order chi connectivity index (χ0) is 18.1. The van der Waals surface area contributed by atoms with Gasteiger partial charge in [-0.2, -0.15) is 4.98 Å². The van der Waals surface area contributed by atoms with Gasteiger partial charge in [0.25, 0.3) is 0 Å². The third kappa shape index (κ3) is 2.90. The Morgan fingerprint density at radius 3 is 2.92 bits per heavy atom. The van der Waals surface area contributed by atoms with Crippen LogP contribution in [0.25, 0.3) is 22.4 Å². The monoisotopic (exact) mass is 353 g/mol. The highest BCUT2D eigenvalue weighted by Gasteiger charge is 2.19. The average molecular weight is 353 g/mol. The van der Waals surface area contributed by atoms with Crippen LogP contribution in [0.1, 0.15) is 0 Å². The maximum Gasteiger partial charge on any atom is 0.323 e. The second-order valence-electron chi connectivity index (χ2n) is 5.71. The number of hydrogen-bond acceptors (Lipinski definition) is 7. The number of benzene rings is 1. The predicted molar refractivity (Wildman–Crippen MR) is 92.5 cm³/mol. The van der Waals surface area contributed by atoms with E-state index in [1.165, 1.54) is 10.9 Å². The summed E-state index contributed by atoms with van der Waals surface area (Å²) in [6.07, 6.45) is 4.70. The van der Waals surface area contributed by atoms with Gasteiger partial charge in [-0.15, -0.1) is 0 Å². The number of carboxylic acid groups (broad SMARTS) is 1. The van der Waals surface area contributed by atoms with Crippen LogP contribution in [-0.4, -0.2) is 48.9 Å². The minimum Gasteiger partial charge on any atom is -0.508 e. The normalized spacial score (nSPS) is 13.8. The van der Waals surface area contributed by atoms with Crippen LogP contribution >= 0.6 is 0 Å². The summed E-state index contributed by atoms with van der Waals surface area (Å²) < 4.78 is 6.65. The number of aliphatic carboxylic acids is 1. The Bertz CT molecular complexity index is 1010. The Balaban J connectivity index is 1.93. The zero-order valence-electron chi connectivity index (χ0n) is 13.6. The molecule has 0 radical (unpaired) electrons. The standard InChI is InChI=1S/C17H15N5O4/c23-12-3-1-2-11(8-12)14-15-16(22(10-18-15)9-13(24)25)20-17(19-14)21-4-6-26-7-5-21/h1-4,6,8,10,23H,5,7,9H2,(H,24,25). The molecule has 1 aliphatic rings. The molecule has 4 rings (SSSR count). The van der Waals surface area contributed by atoms with Crippen molar-refractivity contribution in [1.82, 2.24) is 19.5 Å². The molecule has 0 aliphatic carbocycles. The third-order valence-corrected chi connectivity index (χ3v) is 3.92. The van der Waals surface area contributed by atoms with E-state index in [0.717, 1.165) is 0 Å². The summed E-state index contributed by atoms with van der Waals surface area (Å²) >= 11 is 0. The number of phenolic OH excluding ortho intramolecular Hbond substituents is 1. The minimum absolute atomic E-state index is 0.104. The quantitative estimate of drug-likeness (QED) is 0.727. The maximum absolute atomic E-state index is 11.1. The maximum atomic E-state index is 11.1. The molecule has 1 aromatic carbocycles. The second kappa shape index (κ2) is 6.36. The van der Waals surface area contributed by atoms with Gasteiger partial charge in [-0.25, -0.2) is 9.97 Å². The molecule has 0 fully saturated rings. The van der Waals surface area contributed by atoms with Gasteiger partial charge < -0.3 is 24.4 Å². The van der Waals surface area contributed by atoms with Crippen LogP contribution in [-0.2, 0) is 16.1 Å². The van der Waals surface area contributed by atoms with E-state index in [9.17, 15) is 9.90 Å². The third-order valence-electron chi connectivity index (χ3n) is 3.92. The Morgan fingerprint density at radius 1 is 1.31 bits per heavy atom. The summed E-state index contributed by atoms with van der Waals surface area (Å²) in [5.41, 5.74) is 2.06. The van der Waals surface area contributed by atoms with Crippen LogP contribution in [0, 0.1) is 0 Å². The van der Waals surface area contributed by atoms with Crippen LogP contribution in [0.3, 0.4) is 0 Å². The lowest BCUT2D eigenvalue weighted by Crippen LogP contribution is -2.26. The lowest BCUT2D eigenvalue weighted by molar-refractivity contribution is -0.137. The van der Waals surface area contributed by atoms with Gasteiger partial charge in [0.15, 0.2) is 5.65 Å². The number of ether oxygens (including phenoxy) is 1. The van der Waals surface area contributed by atoms with Crippen molar-refractivity contribution < 1.29 is 19.7 Å². The smallest absolute Gasteiger partial charge is 0.323 e. The Morgan fingerprint density at radius 2 is 2.19 bits per heavy atom. The van der Waals surface area contributed by atoms with Gasteiger partial charge in [0, 0.05) is 11.8 Å². The molecule has 3 heterocycles. The van der Waals surface area contributed by atoms with E-state index in [0.29, 0.717) is 41.5 Å². The highest BCUT2D eigenvalue weighted by Crippen LogP contribution is 2.29. The van der Waals surface area contributed by atoms with Gasteiger partial charge in [0.05, 0.1) is 19.1 Å². The van der Waals surface area contributed by atoms with Crippen LogP contribution < -0.4 is 4.90 Å². The number of fused-ring (bicyclic) bond motifs is 1. The van der Waals surface area contributed by atoms with Crippen molar-refractivity contribution in [3.05, 3.63) is 43.1 Å². The number of phenols is 1. The van der Waals surface area contributed by atoms with Crippen molar-refractivity contribution >= 4 is 23.1 Å². The van der Waals surface area contributed by atoms with Crippen molar-refractivity contribution in [1.29, 1.82) is 0 Å². The van der Waals surface area contributed by atoms with Gasteiger partial charge in [-0.05, 0) is 12.1 Å². The van der Waals surface area contributed by atoms with E-state index >= 15 is 0 Å². The molecule has 1 aliphatic heterocycles. The predicted octanol–water partition coefficient (Wildman–Crippen LogP) is 1.59. The van der Waals surface area contributed by atoms with Gasteiger partial charge in [-0.3, -0.25) is 4.79 Å². The molecule has 0 saturated carbocycles. The number of nitrogens with zero attached hydrogens (tertiary/aromatic N) is 5. The van der Waals surface area contributed by atoms with Crippen LogP contribution in [0.5, 0.6) is 5.75 Å². The molecule has 9 heteroatoms. The summed E-state index contributed by atoms with van der Waals surface area (Å²) in [6, 6.07) is 6.66. The lowest BCUT2D eigenvalue weighted by atomic mass is 10.1. The van der Waals surface area contributed by atoms with Crippen molar-refractivity contribution in [3.8, 4) is 17.0 Å². The number of carboxylic acids is 1. The highest BCUT2D eigenvalue weighted by atomic mass is 16.5. The minimum atomic E-state index is -0.991. The largest absolute Gasteiger partial charge is 0.508 e. The summed E-state index contributed by atoms with van der Waals surface area (Å²) in [5.74, 6) is -0.482. The SMILES string of the molecule is O=C(O)Cn1cnc2c(-c3cccc(O)c3)nc(N3C=COCC3)nc21. The number of hydrogen-bond donors (Lipinski definition) is 2. The van der Waals surface area contributed by atoms with E-state index in [1.54, 1.807) is 36.7 Å². The molecular weight excluding hydrogens is 338 g/mol. The average Bonchev–Trinajstić information content (AvgIpc) is 3.04. The van der Waals surface area contributed by atoms with E-state index in [4.69, 9.17) is 9.84 Å². The molecule has 0 amide bonds. The molecular formula is C17H15N5O4. The first kappa shape index (κ1) is 15.9. The number of anilines is 1. The first-order chi connectivity index (χ1) is 12.6. The molecule has 0 bridgehead atoms. The topological polar surface area (TPSA) is 114 Å². The van der Waals surface area contributed by atoms with Crippen molar-refractivity contribution in [3.63, 3.8) is 0 Å². The first-order valence-corrected chi connectivity index (χ1v) is 7.91. The fourth-order valence-corrected chi connectivity index (χ4v) is 2.75. The molecule has 0 saturated heterocycles. The Hall–Kier alpha value is -3.62. The number of aromatic nitrogens is 4. The molecule has 9 nitrogen and oxygen atoms in total. The summed E-state index contributed by atoms with van der Waals surface area (Å²) in [4.78, 5) is 26.3. The molecule has 0 atom stereocenters. The Kier molecular flexibility index (Phi) is 3.88. The summed E-state index contributed by atoms with van der Waals surface area (Å²) in [6.45, 7) is 0.799. The lowest BCUT2D eigenvalue weighted by Gasteiger charge is -2.22. The van der Waals surface area contributed by atoms with Gasteiger partial charge in [-0.1, -0.05) is 12.1 Å². The zero-order valence-corrected chi connectivity index (χ0v) is 13.6. The fraction of sp³-hybridized carbons (Fsp3) is 0.176. The van der Waals surface area contributed by atoms with Gasteiger partial charge in [0.1, 0.15) is 30.1 Å². The van der Waals surface area contributed by atoms with E-state index in [1.807, 2.05) is 4.90 Å². The number of aromatic hydroxyl groups is 1. The fourth-order valence-electron chi connectivity index (χ4n) is 2.75. The van der Waals surface area contributed by atoms with E-state index in [-0.39, 0.29) is 12.3 Å². The molecule has 26 heavy (non-hydrogen) atoms. The van der Waals surface area contributed by atoms with Crippen LogP contribution in [0.4, 0.5) is 5.95 Å². The Labute approximate surface area is 147 Å². The van der Waals surface area contributed by atoms with Crippen molar-refractivity contribution in [2.24, 2.45) is 0 Å². The van der Waals surface area contributed by atoms with Crippen molar-refractivity contribution in [2.45, 2.75) is 6.54 Å². The number of imidazole rings is 1. The molecule has 2 N–H and O–H groups in total. The molecule has 2 aromatic heterocycles. The summed E-state index contributed by atoms with van der Waals surface area (Å²) in [5, 5.41) is 18.9. The molecule has 0 unspecified atom stereocenters. The summed E-state index contributed by atoms with van der Waals surface area (Å²) in [7, 11) is 0. The van der Waals surface area contributed by atoms with Gasteiger partial charge in [0.2, 0.25) is 5.95 Å². The van der Waals surface area contributed by atoms with Crippen LogP contribution in [0.2, 0.25) is 0 Å².